The van der Waals surface area contributed by atoms with E-state index < -0.39 is 5.67 Å². The van der Waals surface area contributed by atoms with Gasteiger partial charge in [0.25, 0.3) is 0 Å². The molecule has 0 aliphatic carbocycles. The molecule has 0 amide bonds. The summed E-state index contributed by atoms with van der Waals surface area (Å²) in [6, 6.07) is 3.76. The SMILES string of the molecule is FC1(Cc2cc(Cl)cc3c2OCC3)CCNC1. The van der Waals surface area contributed by atoms with Crippen molar-refractivity contribution < 1.29 is 9.13 Å². The standard InChI is InChI=1S/C13H15ClFNO/c14-11-5-9-1-4-17-12(9)10(6-11)7-13(15)2-3-16-8-13/h5-6,16H,1-4,7-8H2. The van der Waals surface area contributed by atoms with Gasteiger partial charge in [-0.1, -0.05) is 11.6 Å². The molecule has 1 unspecified atom stereocenters. The van der Waals surface area contributed by atoms with Crippen LogP contribution >= 0.6 is 11.6 Å². The van der Waals surface area contributed by atoms with Gasteiger partial charge in [-0.25, -0.2) is 4.39 Å². The fourth-order valence-corrected chi connectivity index (χ4v) is 2.95. The van der Waals surface area contributed by atoms with Crippen molar-refractivity contribution in [3.05, 3.63) is 28.3 Å². The van der Waals surface area contributed by atoms with Gasteiger partial charge in [0.1, 0.15) is 11.4 Å². The average molecular weight is 256 g/mol. The van der Waals surface area contributed by atoms with Gasteiger partial charge in [0, 0.05) is 24.4 Å². The zero-order valence-electron chi connectivity index (χ0n) is 9.56. The molecule has 3 rings (SSSR count). The van der Waals surface area contributed by atoms with Crippen LogP contribution in [-0.2, 0) is 12.8 Å². The van der Waals surface area contributed by atoms with Crippen molar-refractivity contribution in [2.24, 2.45) is 0 Å². The summed E-state index contributed by atoms with van der Waals surface area (Å²) in [5.74, 6) is 0.860. The van der Waals surface area contributed by atoms with Crippen LogP contribution in [0.4, 0.5) is 4.39 Å². The third kappa shape index (κ3) is 2.14. The van der Waals surface area contributed by atoms with Gasteiger partial charge in [-0.3, -0.25) is 0 Å². The fraction of sp³-hybridized carbons (Fsp3) is 0.538. The minimum atomic E-state index is -1.15. The molecule has 0 spiro atoms. The lowest BCUT2D eigenvalue weighted by Gasteiger charge is -2.19. The number of hydrogen-bond acceptors (Lipinski definition) is 2. The molecule has 4 heteroatoms. The largest absolute Gasteiger partial charge is 0.493 e. The molecule has 1 aromatic rings. The number of hydrogen-bond donors (Lipinski definition) is 1. The fourth-order valence-electron chi connectivity index (χ4n) is 2.68. The molecule has 0 saturated carbocycles. The smallest absolute Gasteiger partial charge is 0.128 e. The monoisotopic (exact) mass is 255 g/mol. The number of rotatable bonds is 2. The predicted octanol–water partition coefficient (Wildman–Crippen LogP) is 2.52. The van der Waals surface area contributed by atoms with Gasteiger partial charge in [-0.15, -0.1) is 0 Å². The first-order valence-corrected chi connectivity index (χ1v) is 6.38. The highest BCUT2D eigenvalue weighted by Crippen LogP contribution is 2.36. The molecule has 2 heterocycles. The molecular weight excluding hydrogens is 241 g/mol. The van der Waals surface area contributed by atoms with Crippen LogP contribution in [0.15, 0.2) is 12.1 Å². The molecule has 92 valence electrons. The van der Waals surface area contributed by atoms with Gasteiger partial charge >= 0.3 is 0 Å². The van der Waals surface area contributed by atoms with Crippen molar-refractivity contribution >= 4 is 11.6 Å². The molecule has 1 fully saturated rings. The molecule has 17 heavy (non-hydrogen) atoms. The molecule has 1 saturated heterocycles. The van der Waals surface area contributed by atoms with Crippen LogP contribution in [0, 0.1) is 0 Å². The second-order valence-electron chi connectivity index (χ2n) is 4.91. The Morgan fingerprint density at radius 3 is 3.12 bits per heavy atom. The molecule has 0 radical (unpaired) electrons. The predicted molar refractivity (Wildman–Crippen MR) is 65.7 cm³/mol. The maximum absolute atomic E-state index is 14.4. The van der Waals surface area contributed by atoms with Crippen LogP contribution in [0.2, 0.25) is 5.02 Å². The van der Waals surface area contributed by atoms with E-state index in [0.29, 0.717) is 31.0 Å². The molecule has 1 aromatic carbocycles. The lowest BCUT2D eigenvalue weighted by atomic mass is 9.93. The lowest BCUT2D eigenvalue weighted by Crippen LogP contribution is -2.28. The minimum absolute atomic E-state index is 0.392. The number of nitrogens with one attached hydrogen (secondary N) is 1. The van der Waals surface area contributed by atoms with Crippen LogP contribution in [0.1, 0.15) is 17.5 Å². The quantitative estimate of drug-likeness (QED) is 0.877. The Morgan fingerprint density at radius 1 is 1.47 bits per heavy atom. The topological polar surface area (TPSA) is 21.3 Å². The Hall–Kier alpha value is -0.800. The minimum Gasteiger partial charge on any atom is -0.493 e. The molecule has 0 bridgehead atoms. The normalized spacial score (nSPS) is 26.9. The van der Waals surface area contributed by atoms with Crippen LogP contribution in [0.5, 0.6) is 5.75 Å². The second-order valence-corrected chi connectivity index (χ2v) is 5.34. The maximum Gasteiger partial charge on any atom is 0.128 e. The van der Waals surface area contributed by atoms with E-state index in [1.807, 2.05) is 12.1 Å². The zero-order chi connectivity index (χ0) is 11.9. The first-order valence-electron chi connectivity index (χ1n) is 6.00. The number of benzene rings is 1. The summed E-state index contributed by atoms with van der Waals surface area (Å²) in [5, 5.41) is 3.75. The summed E-state index contributed by atoms with van der Waals surface area (Å²) in [6.45, 7) is 1.86. The summed E-state index contributed by atoms with van der Waals surface area (Å²) in [6.07, 6.45) is 1.83. The van der Waals surface area contributed by atoms with Crippen molar-refractivity contribution in [3.8, 4) is 5.75 Å². The Balaban J connectivity index is 1.92. The highest BCUT2D eigenvalue weighted by atomic mass is 35.5. The van der Waals surface area contributed by atoms with Gasteiger partial charge in [0.15, 0.2) is 0 Å². The number of ether oxygens (including phenoxy) is 1. The van der Waals surface area contributed by atoms with Gasteiger partial charge in [-0.05, 0) is 36.2 Å². The van der Waals surface area contributed by atoms with Gasteiger partial charge in [0.2, 0.25) is 0 Å². The lowest BCUT2D eigenvalue weighted by molar-refractivity contribution is 0.188. The van der Waals surface area contributed by atoms with Crippen molar-refractivity contribution in [2.75, 3.05) is 19.7 Å². The zero-order valence-corrected chi connectivity index (χ0v) is 10.3. The number of alkyl halides is 1. The summed E-state index contributed by atoms with van der Waals surface area (Å²) >= 11 is 6.07. The molecule has 0 aromatic heterocycles. The Morgan fingerprint density at radius 2 is 2.35 bits per heavy atom. The Bertz CT molecular complexity index is 443. The van der Waals surface area contributed by atoms with E-state index in [4.69, 9.17) is 16.3 Å². The van der Waals surface area contributed by atoms with E-state index in [0.717, 1.165) is 29.8 Å². The third-order valence-electron chi connectivity index (χ3n) is 3.52. The van der Waals surface area contributed by atoms with E-state index >= 15 is 0 Å². The van der Waals surface area contributed by atoms with E-state index in [2.05, 4.69) is 5.32 Å². The summed E-state index contributed by atoms with van der Waals surface area (Å²) in [7, 11) is 0. The van der Waals surface area contributed by atoms with Crippen LogP contribution in [-0.4, -0.2) is 25.4 Å². The van der Waals surface area contributed by atoms with Gasteiger partial charge in [0.05, 0.1) is 6.61 Å². The van der Waals surface area contributed by atoms with Crippen LogP contribution in [0.25, 0.3) is 0 Å². The Kier molecular flexibility index (Phi) is 2.75. The Labute approximate surface area is 105 Å². The number of halogens is 2. The maximum atomic E-state index is 14.4. The highest BCUT2D eigenvalue weighted by molar-refractivity contribution is 6.30. The van der Waals surface area contributed by atoms with E-state index in [1.54, 1.807) is 0 Å². The van der Waals surface area contributed by atoms with Gasteiger partial charge < -0.3 is 10.1 Å². The highest BCUT2D eigenvalue weighted by Gasteiger charge is 2.35. The van der Waals surface area contributed by atoms with Crippen molar-refractivity contribution in [3.63, 3.8) is 0 Å². The van der Waals surface area contributed by atoms with Crippen molar-refractivity contribution in [1.82, 2.24) is 5.32 Å². The molecule has 2 aliphatic heterocycles. The van der Waals surface area contributed by atoms with E-state index in [1.165, 1.54) is 0 Å². The summed E-state index contributed by atoms with van der Waals surface area (Å²) in [4.78, 5) is 0. The van der Waals surface area contributed by atoms with Crippen molar-refractivity contribution in [2.45, 2.75) is 24.9 Å². The first-order chi connectivity index (χ1) is 8.16. The summed E-state index contributed by atoms with van der Waals surface area (Å²) in [5.41, 5.74) is 0.878. The molecule has 1 N–H and O–H groups in total. The summed E-state index contributed by atoms with van der Waals surface area (Å²) < 4.78 is 20.0. The second kappa shape index (κ2) is 4.14. The van der Waals surface area contributed by atoms with Crippen LogP contribution in [0.3, 0.4) is 0 Å². The third-order valence-corrected chi connectivity index (χ3v) is 3.74. The first kappa shape index (κ1) is 11.3. The molecule has 2 nitrogen and oxygen atoms in total. The van der Waals surface area contributed by atoms with Crippen molar-refractivity contribution in [1.29, 1.82) is 0 Å². The van der Waals surface area contributed by atoms with Crippen LogP contribution < -0.4 is 10.1 Å². The average Bonchev–Trinajstić information content (AvgIpc) is 2.86. The van der Waals surface area contributed by atoms with E-state index in [-0.39, 0.29) is 0 Å². The number of fused-ring (bicyclic) bond motifs is 1. The molecular formula is C13H15ClFNO. The van der Waals surface area contributed by atoms with Gasteiger partial charge in [-0.2, -0.15) is 0 Å². The molecule has 1 atom stereocenters. The van der Waals surface area contributed by atoms with E-state index in [9.17, 15) is 4.39 Å². The molecule has 2 aliphatic rings.